The van der Waals surface area contributed by atoms with Crippen LogP contribution in [0.15, 0.2) is 23.3 Å². The van der Waals surface area contributed by atoms with Gasteiger partial charge in [0, 0.05) is 22.7 Å². The fourth-order valence-corrected chi connectivity index (χ4v) is 10.1. The maximum Gasteiger partial charge on any atom is 0.313 e. The molecule has 4 fully saturated rings. The number of ketones is 2. The van der Waals surface area contributed by atoms with Crippen molar-refractivity contribution in [3.63, 3.8) is 0 Å². The minimum absolute atomic E-state index is 0.0229. The van der Waals surface area contributed by atoms with Gasteiger partial charge in [-0.2, -0.15) is 5.26 Å². The summed E-state index contributed by atoms with van der Waals surface area (Å²) in [5.74, 6) is -1.49. The van der Waals surface area contributed by atoms with Gasteiger partial charge >= 0.3 is 5.97 Å². The van der Waals surface area contributed by atoms with Crippen LogP contribution in [-0.2, 0) is 19.1 Å². The van der Waals surface area contributed by atoms with Gasteiger partial charge in [-0.15, -0.1) is 0 Å². The molecular weight excluding hydrogens is 454 g/mol. The Bertz CT molecular complexity index is 1250. The summed E-state index contributed by atoms with van der Waals surface area (Å²) < 4.78 is 6.40. The van der Waals surface area contributed by atoms with Crippen molar-refractivity contribution >= 4 is 17.5 Å². The van der Waals surface area contributed by atoms with Crippen molar-refractivity contribution < 1.29 is 24.2 Å². The van der Waals surface area contributed by atoms with Crippen LogP contribution >= 0.6 is 0 Å². The first-order chi connectivity index (χ1) is 16.6. The number of carbonyl (C=O) groups excluding carboxylic acids is 3. The van der Waals surface area contributed by atoms with E-state index in [0.717, 1.165) is 31.3 Å². The molecule has 1 aliphatic heterocycles. The molecule has 1 unspecified atom stereocenters. The highest BCUT2D eigenvalue weighted by molar-refractivity contribution is 6.07. The topological polar surface area (TPSA) is 104 Å². The molecule has 6 heteroatoms. The zero-order valence-electron chi connectivity index (χ0n) is 22.3. The number of esters is 1. The van der Waals surface area contributed by atoms with Gasteiger partial charge in [0.25, 0.3) is 0 Å². The molecule has 1 saturated heterocycles. The van der Waals surface area contributed by atoms with Crippen molar-refractivity contribution in [3.8, 4) is 6.07 Å². The van der Waals surface area contributed by atoms with Gasteiger partial charge in [-0.1, -0.05) is 40.7 Å². The van der Waals surface area contributed by atoms with E-state index >= 15 is 0 Å². The Morgan fingerprint density at radius 3 is 2.31 bits per heavy atom. The lowest BCUT2D eigenvalue weighted by molar-refractivity contribution is -0.208. The fraction of sp³-hybridized carbons (Fsp3) is 0.733. The maximum absolute atomic E-state index is 14.4. The van der Waals surface area contributed by atoms with Crippen molar-refractivity contribution in [2.24, 2.45) is 38.9 Å². The first kappa shape index (κ1) is 24.1. The van der Waals surface area contributed by atoms with Crippen LogP contribution < -0.4 is 0 Å². The first-order valence-corrected chi connectivity index (χ1v) is 13.5. The number of hydrogen-bond donors (Lipinski definition) is 1. The summed E-state index contributed by atoms with van der Waals surface area (Å²) in [6.45, 7) is 12.3. The Morgan fingerprint density at radius 1 is 0.972 bits per heavy atom. The average Bonchev–Trinajstić information content (AvgIpc) is 2.98. The van der Waals surface area contributed by atoms with E-state index < -0.39 is 44.6 Å². The minimum Gasteiger partial charge on any atom is -0.449 e. The number of ether oxygens (including phenoxy) is 1. The lowest BCUT2D eigenvalue weighted by Crippen LogP contribution is -2.72. The van der Waals surface area contributed by atoms with Gasteiger partial charge in [-0.25, -0.2) is 0 Å². The SMILES string of the molecule is CC1(C)CC[C@@]23CC[C@@]4(C)[C@]5(C)CC[C@H]6[C@](C)(O)C(=O)C(C#N)=C[C@]6(C)C5=CC(=O)[C@]4(OC2=O)C3C1. The lowest BCUT2D eigenvalue weighted by atomic mass is 9.34. The predicted molar refractivity (Wildman–Crippen MR) is 131 cm³/mol. The highest BCUT2D eigenvalue weighted by Crippen LogP contribution is 2.78. The molecular formula is C30H37NO5. The van der Waals surface area contributed by atoms with Gasteiger partial charge in [0.15, 0.2) is 11.4 Å². The zero-order chi connectivity index (χ0) is 26.3. The highest BCUT2D eigenvalue weighted by atomic mass is 16.6. The smallest absolute Gasteiger partial charge is 0.313 e. The standard InChI is InChI=1S/C30H37NO5/c1-24(2)9-11-29-12-10-27(5)26(4)8-7-18-25(3,14-17(16-31)22(33)28(18,6)35)19(26)13-21(32)30(27,20(29)15-24)36-23(29)34/h13-14,18,20,35H,7-12,15H2,1-6H3/t18-,20?,25+,26-,27+,28+,29+,30-/m1/s1. The zero-order valence-corrected chi connectivity index (χ0v) is 22.3. The normalized spacial score (nSPS) is 52.6. The van der Waals surface area contributed by atoms with Crippen LogP contribution in [-0.4, -0.2) is 33.8 Å². The van der Waals surface area contributed by atoms with E-state index in [-0.39, 0.29) is 28.7 Å². The molecule has 0 aromatic heterocycles. The monoisotopic (exact) mass is 491 g/mol. The number of rotatable bonds is 0. The molecule has 6 nitrogen and oxygen atoms in total. The third-order valence-corrected chi connectivity index (χ3v) is 12.4. The molecule has 3 saturated carbocycles. The summed E-state index contributed by atoms with van der Waals surface area (Å²) in [6, 6.07) is 2.00. The molecule has 8 atom stereocenters. The molecule has 192 valence electrons. The molecule has 0 aromatic carbocycles. The lowest BCUT2D eigenvalue weighted by Gasteiger charge is -2.68. The summed E-state index contributed by atoms with van der Waals surface area (Å²) in [5, 5.41) is 21.1. The van der Waals surface area contributed by atoms with E-state index in [1.165, 1.54) is 6.92 Å². The Morgan fingerprint density at radius 2 is 1.64 bits per heavy atom. The number of nitrogens with zero attached hydrogens (tertiary/aromatic N) is 1. The Hall–Kier alpha value is -2.26. The molecule has 0 amide bonds. The van der Waals surface area contributed by atoms with E-state index in [4.69, 9.17) is 4.74 Å². The molecule has 36 heavy (non-hydrogen) atoms. The summed E-state index contributed by atoms with van der Waals surface area (Å²) in [6.07, 6.45) is 8.56. The Labute approximate surface area is 213 Å². The van der Waals surface area contributed by atoms with E-state index in [1.807, 2.05) is 13.0 Å². The van der Waals surface area contributed by atoms with Crippen molar-refractivity contribution in [3.05, 3.63) is 23.3 Å². The van der Waals surface area contributed by atoms with Crippen LogP contribution in [0.1, 0.15) is 86.5 Å². The number of carbonyl (C=O) groups is 3. The number of aliphatic hydroxyl groups is 1. The van der Waals surface area contributed by atoms with E-state index in [1.54, 1.807) is 12.2 Å². The molecule has 2 bridgehead atoms. The molecule has 0 radical (unpaired) electrons. The van der Waals surface area contributed by atoms with Gasteiger partial charge in [-0.3, -0.25) is 14.4 Å². The van der Waals surface area contributed by atoms with Gasteiger partial charge in [0.1, 0.15) is 11.7 Å². The number of Topliss-reactive ketones (excluding diaryl/α,β-unsaturated/α-hetero) is 1. The molecule has 1 N–H and O–H groups in total. The summed E-state index contributed by atoms with van der Waals surface area (Å²) >= 11 is 0. The third-order valence-electron chi connectivity index (χ3n) is 12.4. The molecule has 6 aliphatic rings. The van der Waals surface area contributed by atoms with Crippen molar-refractivity contribution in [1.29, 1.82) is 5.26 Å². The molecule has 1 heterocycles. The van der Waals surface area contributed by atoms with Crippen molar-refractivity contribution in [2.75, 3.05) is 0 Å². The van der Waals surface area contributed by atoms with Gasteiger partial charge in [0.05, 0.1) is 11.0 Å². The van der Waals surface area contributed by atoms with Crippen LogP contribution in [0, 0.1) is 50.2 Å². The quantitative estimate of drug-likeness (QED) is 0.496. The van der Waals surface area contributed by atoms with Crippen LogP contribution in [0.5, 0.6) is 0 Å². The van der Waals surface area contributed by atoms with Gasteiger partial charge < -0.3 is 9.84 Å². The van der Waals surface area contributed by atoms with Crippen molar-refractivity contribution in [2.45, 2.75) is 97.7 Å². The largest absolute Gasteiger partial charge is 0.449 e. The Kier molecular flexibility index (Phi) is 4.29. The molecule has 0 aromatic rings. The fourth-order valence-electron chi connectivity index (χ4n) is 10.1. The summed E-state index contributed by atoms with van der Waals surface area (Å²) in [7, 11) is 0. The summed E-state index contributed by atoms with van der Waals surface area (Å²) in [5.41, 5.74) is -4.59. The van der Waals surface area contributed by atoms with Gasteiger partial charge in [-0.05, 0) is 74.3 Å². The molecule has 5 aliphatic carbocycles. The minimum atomic E-state index is -1.69. The molecule has 6 rings (SSSR count). The van der Waals surface area contributed by atoms with Crippen LogP contribution in [0.3, 0.4) is 0 Å². The molecule has 1 spiro atoms. The van der Waals surface area contributed by atoms with Crippen LogP contribution in [0.4, 0.5) is 0 Å². The third kappa shape index (κ3) is 2.28. The second-order valence-corrected chi connectivity index (χ2v) is 14.3. The van der Waals surface area contributed by atoms with E-state index in [2.05, 4.69) is 27.7 Å². The van der Waals surface area contributed by atoms with Gasteiger partial charge in [0.2, 0.25) is 5.78 Å². The number of hydrogen-bond acceptors (Lipinski definition) is 6. The second-order valence-electron chi connectivity index (χ2n) is 14.3. The van der Waals surface area contributed by atoms with Crippen LogP contribution in [0.2, 0.25) is 0 Å². The average molecular weight is 492 g/mol. The maximum atomic E-state index is 14.4. The first-order valence-electron chi connectivity index (χ1n) is 13.5. The second kappa shape index (κ2) is 6.41. The Balaban J connectivity index is 1.60. The number of nitriles is 1. The predicted octanol–water partition coefficient (Wildman–Crippen LogP) is 4.61. The number of fused-ring (bicyclic) bond motifs is 4. The van der Waals surface area contributed by atoms with E-state index in [9.17, 15) is 24.8 Å². The van der Waals surface area contributed by atoms with Crippen molar-refractivity contribution in [1.82, 2.24) is 0 Å². The van der Waals surface area contributed by atoms with Crippen LogP contribution in [0.25, 0.3) is 0 Å². The highest BCUT2D eigenvalue weighted by Gasteiger charge is 2.82. The number of allylic oxidation sites excluding steroid dienone is 2. The summed E-state index contributed by atoms with van der Waals surface area (Å²) in [4.78, 5) is 41.0. The van der Waals surface area contributed by atoms with E-state index in [0.29, 0.717) is 19.3 Å².